The minimum atomic E-state index is -0.587. The molecule has 54 valence electrons. The molecule has 0 saturated heterocycles. The topological polar surface area (TPSA) is 78.3 Å². The highest BCUT2D eigenvalue weighted by atomic mass is 16.6. The SMILES string of the molecule is CC(N)OC(=O)[C@H](C)N. The molecule has 0 aromatic carbocycles. The molecule has 1 unspecified atom stereocenters. The summed E-state index contributed by atoms with van der Waals surface area (Å²) in [6.07, 6.45) is -0.566. The van der Waals surface area contributed by atoms with Crippen LogP contribution in [0.15, 0.2) is 0 Å². The Balaban J connectivity index is 3.51. The first-order valence-corrected chi connectivity index (χ1v) is 2.75. The van der Waals surface area contributed by atoms with Gasteiger partial charge in [-0.15, -0.1) is 0 Å². The molecule has 2 atom stereocenters. The molecule has 0 spiro atoms. The van der Waals surface area contributed by atoms with Gasteiger partial charge in [0.15, 0.2) is 0 Å². The number of ether oxygens (including phenoxy) is 1. The van der Waals surface area contributed by atoms with Gasteiger partial charge in [-0.05, 0) is 13.8 Å². The zero-order chi connectivity index (χ0) is 7.44. The van der Waals surface area contributed by atoms with E-state index in [0.717, 1.165) is 0 Å². The number of nitrogens with two attached hydrogens (primary N) is 2. The van der Waals surface area contributed by atoms with E-state index in [-0.39, 0.29) is 0 Å². The summed E-state index contributed by atoms with van der Waals surface area (Å²) < 4.78 is 4.53. The number of hydrogen-bond acceptors (Lipinski definition) is 4. The molecular weight excluding hydrogens is 120 g/mol. The highest BCUT2D eigenvalue weighted by Crippen LogP contribution is 1.85. The number of carbonyl (C=O) groups excluding carboxylic acids is 1. The summed E-state index contributed by atoms with van der Waals surface area (Å²) in [5.41, 5.74) is 10.3. The van der Waals surface area contributed by atoms with Gasteiger partial charge in [-0.3, -0.25) is 10.5 Å². The lowest BCUT2D eigenvalue weighted by molar-refractivity contribution is -0.149. The number of carbonyl (C=O) groups is 1. The lowest BCUT2D eigenvalue weighted by Crippen LogP contribution is -2.34. The molecule has 0 radical (unpaired) electrons. The third-order valence-electron chi connectivity index (χ3n) is 0.674. The van der Waals surface area contributed by atoms with Gasteiger partial charge in [0.1, 0.15) is 12.3 Å². The minimum Gasteiger partial charge on any atom is -0.446 e. The lowest BCUT2D eigenvalue weighted by atomic mass is 10.4. The molecule has 0 bridgehead atoms. The largest absolute Gasteiger partial charge is 0.446 e. The second kappa shape index (κ2) is 3.42. The second-order valence-corrected chi connectivity index (χ2v) is 1.93. The van der Waals surface area contributed by atoms with E-state index in [9.17, 15) is 4.79 Å². The summed E-state index contributed by atoms with van der Waals surface area (Å²) >= 11 is 0. The average Bonchev–Trinajstić information content (AvgIpc) is 1.63. The van der Waals surface area contributed by atoms with Gasteiger partial charge in [-0.1, -0.05) is 0 Å². The van der Waals surface area contributed by atoms with Crippen LogP contribution < -0.4 is 11.5 Å². The Labute approximate surface area is 54.2 Å². The van der Waals surface area contributed by atoms with Gasteiger partial charge >= 0.3 is 5.97 Å². The van der Waals surface area contributed by atoms with Crippen molar-refractivity contribution < 1.29 is 9.53 Å². The van der Waals surface area contributed by atoms with Crippen molar-refractivity contribution in [2.75, 3.05) is 0 Å². The summed E-state index contributed by atoms with van der Waals surface area (Å²) in [5.74, 6) is -0.468. The van der Waals surface area contributed by atoms with Gasteiger partial charge in [0.05, 0.1) is 0 Å². The van der Waals surface area contributed by atoms with Crippen LogP contribution in [0.2, 0.25) is 0 Å². The fourth-order valence-corrected chi connectivity index (χ4v) is 0.291. The van der Waals surface area contributed by atoms with Gasteiger partial charge in [-0.25, -0.2) is 0 Å². The normalized spacial score (nSPS) is 16.4. The zero-order valence-corrected chi connectivity index (χ0v) is 5.63. The average molecular weight is 132 g/mol. The smallest absolute Gasteiger partial charge is 0.324 e. The Bertz CT molecular complexity index is 101. The van der Waals surface area contributed by atoms with Crippen molar-refractivity contribution in [1.82, 2.24) is 0 Å². The first-order chi connectivity index (χ1) is 4.04. The van der Waals surface area contributed by atoms with Gasteiger partial charge < -0.3 is 10.5 Å². The van der Waals surface area contributed by atoms with Crippen LogP contribution >= 0.6 is 0 Å². The molecule has 0 aromatic rings. The number of esters is 1. The Kier molecular flexibility index (Phi) is 3.19. The van der Waals surface area contributed by atoms with Gasteiger partial charge in [0.25, 0.3) is 0 Å². The van der Waals surface area contributed by atoms with Crippen molar-refractivity contribution in [1.29, 1.82) is 0 Å². The molecular formula is C5H12N2O2. The molecule has 4 nitrogen and oxygen atoms in total. The molecule has 0 fully saturated rings. The van der Waals surface area contributed by atoms with Crippen molar-refractivity contribution in [3.8, 4) is 0 Å². The summed E-state index contributed by atoms with van der Waals surface area (Å²) in [6.45, 7) is 3.12. The van der Waals surface area contributed by atoms with E-state index in [1.165, 1.54) is 0 Å². The second-order valence-electron chi connectivity index (χ2n) is 1.93. The van der Waals surface area contributed by atoms with E-state index in [1.54, 1.807) is 13.8 Å². The molecule has 0 aliphatic carbocycles. The Morgan fingerprint density at radius 3 is 2.00 bits per heavy atom. The monoisotopic (exact) mass is 132 g/mol. The molecule has 4 heteroatoms. The highest BCUT2D eigenvalue weighted by molar-refractivity contribution is 5.74. The van der Waals surface area contributed by atoms with E-state index in [2.05, 4.69) is 4.74 Å². The first-order valence-electron chi connectivity index (χ1n) is 2.75. The molecule has 0 aromatic heterocycles. The maximum Gasteiger partial charge on any atom is 0.324 e. The van der Waals surface area contributed by atoms with Crippen LogP contribution in [-0.4, -0.2) is 18.2 Å². The molecule has 0 aliphatic heterocycles. The van der Waals surface area contributed by atoms with Crippen LogP contribution in [0.1, 0.15) is 13.8 Å². The van der Waals surface area contributed by atoms with E-state index in [1.807, 2.05) is 0 Å². The van der Waals surface area contributed by atoms with Gasteiger partial charge in [0, 0.05) is 0 Å². The predicted octanol–water partition coefficient (Wildman–Crippen LogP) is -0.818. The van der Waals surface area contributed by atoms with Crippen LogP contribution in [0.4, 0.5) is 0 Å². The quantitative estimate of drug-likeness (QED) is 0.380. The third-order valence-corrected chi connectivity index (χ3v) is 0.674. The van der Waals surface area contributed by atoms with Crippen molar-refractivity contribution >= 4 is 5.97 Å². The molecule has 0 rings (SSSR count). The van der Waals surface area contributed by atoms with E-state index < -0.39 is 18.2 Å². The molecule has 0 heterocycles. The van der Waals surface area contributed by atoms with Crippen LogP contribution in [0, 0.1) is 0 Å². The maximum atomic E-state index is 10.5. The number of rotatable bonds is 2. The van der Waals surface area contributed by atoms with Crippen molar-refractivity contribution in [3.63, 3.8) is 0 Å². The molecule has 0 amide bonds. The molecule has 0 saturated carbocycles. The Hall–Kier alpha value is -0.610. The fourth-order valence-electron chi connectivity index (χ4n) is 0.291. The minimum absolute atomic E-state index is 0.468. The first kappa shape index (κ1) is 8.39. The predicted molar refractivity (Wildman–Crippen MR) is 33.4 cm³/mol. The summed E-state index contributed by atoms with van der Waals surface area (Å²) in [7, 11) is 0. The number of hydrogen-bond donors (Lipinski definition) is 2. The molecule has 9 heavy (non-hydrogen) atoms. The van der Waals surface area contributed by atoms with Crippen molar-refractivity contribution in [2.24, 2.45) is 11.5 Å². The van der Waals surface area contributed by atoms with Crippen molar-refractivity contribution in [2.45, 2.75) is 26.1 Å². The van der Waals surface area contributed by atoms with Crippen LogP contribution in [-0.2, 0) is 9.53 Å². The molecule has 0 aliphatic rings. The van der Waals surface area contributed by atoms with E-state index >= 15 is 0 Å². The molecule has 4 N–H and O–H groups in total. The maximum absolute atomic E-state index is 10.5. The lowest BCUT2D eigenvalue weighted by Gasteiger charge is -2.08. The van der Waals surface area contributed by atoms with Crippen LogP contribution in [0.5, 0.6) is 0 Å². The summed E-state index contributed by atoms with van der Waals surface area (Å²) in [4.78, 5) is 10.5. The van der Waals surface area contributed by atoms with E-state index in [4.69, 9.17) is 11.5 Å². The van der Waals surface area contributed by atoms with Crippen molar-refractivity contribution in [3.05, 3.63) is 0 Å². The standard InChI is InChI=1S/C5H12N2O2/c1-3(6)5(8)9-4(2)7/h3-4H,6-7H2,1-2H3/t3-,4?/m0/s1. The zero-order valence-electron chi connectivity index (χ0n) is 5.63. The fraction of sp³-hybridized carbons (Fsp3) is 0.800. The van der Waals surface area contributed by atoms with Crippen LogP contribution in [0.25, 0.3) is 0 Å². The van der Waals surface area contributed by atoms with E-state index in [0.29, 0.717) is 0 Å². The summed E-state index contributed by atoms with van der Waals surface area (Å²) in [6, 6.07) is -0.587. The third kappa shape index (κ3) is 3.93. The highest BCUT2D eigenvalue weighted by Gasteiger charge is 2.09. The van der Waals surface area contributed by atoms with Gasteiger partial charge in [0.2, 0.25) is 0 Å². The Morgan fingerprint density at radius 2 is 1.89 bits per heavy atom. The summed E-state index contributed by atoms with van der Waals surface area (Å²) in [5, 5.41) is 0. The van der Waals surface area contributed by atoms with Gasteiger partial charge in [-0.2, -0.15) is 0 Å². The van der Waals surface area contributed by atoms with Crippen LogP contribution in [0.3, 0.4) is 0 Å². The Morgan fingerprint density at radius 1 is 1.44 bits per heavy atom.